The topological polar surface area (TPSA) is 84.3 Å². The van der Waals surface area contributed by atoms with Gasteiger partial charge in [-0.2, -0.15) is 0 Å². The van der Waals surface area contributed by atoms with Crippen molar-refractivity contribution in [1.82, 2.24) is 10.6 Å². The predicted octanol–water partition coefficient (Wildman–Crippen LogP) is 1.87. The lowest BCUT2D eigenvalue weighted by Gasteiger charge is -2.34. The Balaban J connectivity index is 2.04. The minimum Gasteiger partial charge on any atom is -0.347 e. The molecule has 0 unspecified atom stereocenters. The second-order valence-corrected chi connectivity index (χ2v) is 5.45. The molecule has 1 aromatic rings. The first-order valence-electron chi connectivity index (χ1n) is 6.95. The van der Waals surface area contributed by atoms with Crippen LogP contribution < -0.4 is 10.6 Å². The van der Waals surface area contributed by atoms with Gasteiger partial charge in [-0.1, -0.05) is 12.1 Å². The van der Waals surface area contributed by atoms with Crippen molar-refractivity contribution in [1.29, 1.82) is 0 Å². The van der Waals surface area contributed by atoms with Crippen molar-refractivity contribution in [3.8, 4) is 0 Å². The number of nitrogens with one attached hydrogen (secondary N) is 2. The lowest BCUT2D eigenvalue weighted by molar-refractivity contribution is -0.385. The maximum atomic E-state index is 12.0. The summed E-state index contributed by atoms with van der Waals surface area (Å²) in [6.07, 6.45) is 4.59. The normalized spacial score (nSPS) is 17.6. The molecule has 0 aliphatic carbocycles. The third-order valence-electron chi connectivity index (χ3n) is 3.68. The van der Waals surface area contributed by atoms with Crippen LogP contribution in [0.2, 0.25) is 0 Å². The molecule has 6 heteroatoms. The number of benzene rings is 1. The SMILES string of the molecule is CC1(NC(=O)/C=C/c2ccccc2[N+](=O)[O-])CCNCC1. The molecule has 0 radical (unpaired) electrons. The molecule has 0 spiro atoms. The smallest absolute Gasteiger partial charge is 0.276 e. The number of amides is 1. The Morgan fingerprint density at radius 3 is 2.71 bits per heavy atom. The van der Waals surface area contributed by atoms with Gasteiger partial charge >= 0.3 is 0 Å². The molecule has 2 rings (SSSR count). The highest BCUT2D eigenvalue weighted by Gasteiger charge is 2.27. The quantitative estimate of drug-likeness (QED) is 0.503. The number of para-hydroxylation sites is 1. The Morgan fingerprint density at radius 2 is 2.05 bits per heavy atom. The van der Waals surface area contributed by atoms with Gasteiger partial charge in [-0.15, -0.1) is 0 Å². The first-order valence-corrected chi connectivity index (χ1v) is 6.95. The third-order valence-corrected chi connectivity index (χ3v) is 3.68. The molecule has 0 saturated carbocycles. The van der Waals surface area contributed by atoms with E-state index in [4.69, 9.17) is 0 Å². The lowest BCUT2D eigenvalue weighted by Crippen LogP contribution is -2.51. The fraction of sp³-hybridized carbons (Fsp3) is 0.400. The molecular formula is C15H19N3O3. The largest absolute Gasteiger partial charge is 0.347 e. The third kappa shape index (κ3) is 4.13. The van der Waals surface area contributed by atoms with E-state index in [1.165, 1.54) is 18.2 Å². The average Bonchev–Trinajstić information content (AvgIpc) is 2.45. The van der Waals surface area contributed by atoms with Crippen molar-refractivity contribution >= 4 is 17.7 Å². The van der Waals surface area contributed by atoms with E-state index in [-0.39, 0.29) is 17.1 Å². The van der Waals surface area contributed by atoms with E-state index in [0.717, 1.165) is 25.9 Å². The molecule has 6 nitrogen and oxygen atoms in total. The summed E-state index contributed by atoms with van der Waals surface area (Å²) >= 11 is 0. The molecule has 1 aliphatic heterocycles. The van der Waals surface area contributed by atoms with Gasteiger partial charge in [0.05, 0.1) is 10.5 Å². The second kappa shape index (κ2) is 6.49. The van der Waals surface area contributed by atoms with Crippen LogP contribution in [0, 0.1) is 10.1 Å². The van der Waals surface area contributed by atoms with E-state index >= 15 is 0 Å². The van der Waals surface area contributed by atoms with E-state index < -0.39 is 4.92 Å². The summed E-state index contributed by atoms with van der Waals surface area (Å²) in [6.45, 7) is 3.78. The van der Waals surface area contributed by atoms with Gasteiger partial charge < -0.3 is 10.6 Å². The number of nitro groups is 1. The van der Waals surface area contributed by atoms with Crippen LogP contribution in [0.5, 0.6) is 0 Å². The Bertz CT molecular complexity index is 563. The maximum Gasteiger partial charge on any atom is 0.276 e. The molecule has 1 fully saturated rings. The van der Waals surface area contributed by atoms with Gasteiger partial charge in [0.1, 0.15) is 0 Å². The molecule has 1 saturated heterocycles. The number of carbonyl (C=O) groups excluding carboxylic acids is 1. The second-order valence-electron chi connectivity index (χ2n) is 5.45. The van der Waals surface area contributed by atoms with Crippen molar-refractivity contribution < 1.29 is 9.72 Å². The van der Waals surface area contributed by atoms with Crippen molar-refractivity contribution in [3.63, 3.8) is 0 Å². The molecular weight excluding hydrogens is 270 g/mol. The van der Waals surface area contributed by atoms with Crippen LogP contribution in [-0.2, 0) is 4.79 Å². The zero-order valence-electron chi connectivity index (χ0n) is 12.0. The summed E-state index contributed by atoms with van der Waals surface area (Å²) in [6, 6.07) is 6.35. The first-order chi connectivity index (χ1) is 10.0. The van der Waals surface area contributed by atoms with Crippen LogP contribution in [0.25, 0.3) is 6.08 Å². The summed E-state index contributed by atoms with van der Waals surface area (Å²) in [5.41, 5.74) is 0.206. The predicted molar refractivity (Wildman–Crippen MR) is 80.8 cm³/mol. The molecule has 1 amide bonds. The van der Waals surface area contributed by atoms with E-state index in [9.17, 15) is 14.9 Å². The van der Waals surface area contributed by atoms with Gasteiger partial charge in [0.15, 0.2) is 0 Å². The van der Waals surface area contributed by atoms with Gasteiger partial charge in [0, 0.05) is 17.7 Å². The Labute approximate surface area is 123 Å². The van der Waals surface area contributed by atoms with Gasteiger partial charge in [-0.3, -0.25) is 14.9 Å². The summed E-state index contributed by atoms with van der Waals surface area (Å²) in [5.74, 6) is -0.224. The van der Waals surface area contributed by atoms with Crippen molar-refractivity contribution in [2.75, 3.05) is 13.1 Å². The molecule has 2 N–H and O–H groups in total. The van der Waals surface area contributed by atoms with Gasteiger partial charge in [0.2, 0.25) is 5.91 Å². The van der Waals surface area contributed by atoms with Crippen LogP contribution in [0.3, 0.4) is 0 Å². The zero-order chi connectivity index (χ0) is 15.3. The van der Waals surface area contributed by atoms with E-state index in [2.05, 4.69) is 10.6 Å². The van der Waals surface area contributed by atoms with Gasteiger partial charge in [-0.25, -0.2) is 0 Å². The van der Waals surface area contributed by atoms with Crippen LogP contribution in [-0.4, -0.2) is 29.5 Å². The highest BCUT2D eigenvalue weighted by Crippen LogP contribution is 2.20. The van der Waals surface area contributed by atoms with Gasteiger partial charge in [0.25, 0.3) is 5.69 Å². The minimum absolute atomic E-state index is 0.00497. The van der Waals surface area contributed by atoms with Gasteiger partial charge in [-0.05, 0) is 45.0 Å². The summed E-state index contributed by atoms with van der Waals surface area (Å²) in [5, 5.41) is 17.1. The van der Waals surface area contributed by atoms with E-state index in [1.54, 1.807) is 18.2 Å². The number of nitro benzene ring substituents is 1. The van der Waals surface area contributed by atoms with Crippen LogP contribution >= 0.6 is 0 Å². The van der Waals surface area contributed by atoms with E-state index in [1.807, 2.05) is 6.92 Å². The molecule has 1 aromatic carbocycles. The highest BCUT2D eigenvalue weighted by molar-refractivity contribution is 5.92. The average molecular weight is 289 g/mol. The standard InChI is InChI=1S/C15H19N3O3/c1-15(8-10-16-11-9-15)17-14(19)7-6-12-4-2-3-5-13(12)18(20)21/h2-7,16H,8-11H2,1H3,(H,17,19)/b7-6+. The Hall–Kier alpha value is -2.21. The number of rotatable bonds is 4. The number of hydrogen-bond donors (Lipinski definition) is 2. The van der Waals surface area contributed by atoms with Crippen molar-refractivity contribution in [2.45, 2.75) is 25.3 Å². The fourth-order valence-corrected chi connectivity index (χ4v) is 2.40. The molecule has 1 heterocycles. The monoisotopic (exact) mass is 289 g/mol. The summed E-state index contributed by atoms with van der Waals surface area (Å²) in [7, 11) is 0. The van der Waals surface area contributed by atoms with Crippen LogP contribution in [0.15, 0.2) is 30.3 Å². The minimum atomic E-state index is -0.453. The lowest BCUT2D eigenvalue weighted by atomic mass is 9.90. The van der Waals surface area contributed by atoms with E-state index in [0.29, 0.717) is 5.56 Å². The molecule has 0 atom stereocenters. The van der Waals surface area contributed by atoms with Crippen molar-refractivity contribution in [3.05, 3.63) is 46.0 Å². The van der Waals surface area contributed by atoms with Crippen LogP contribution in [0.1, 0.15) is 25.3 Å². The molecule has 1 aliphatic rings. The molecule has 21 heavy (non-hydrogen) atoms. The number of hydrogen-bond acceptors (Lipinski definition) is 4. The first kappa shape index (κ1) is 15.2. The molecule has 0 bridgehead atoms. The highest BCUT2D eigenvalue weighted by atomic mass is 16.6. The number of piperidine rings is 1. The number of nitrogens with zero attached hydrogens (tertiary/aromatic N) is 1. The zero-order valence-corrected chi connectivity index (χ0v) is 12.0. The Kier molecular flexibility index (Phi) is 4.70. The number of carbonyl (C=O) groups is 1. The fourth-order valence-electron chi connectivity index (χ4n) is 2.40. The Morgan fingerprint density at radius 1 is 1.38 bits per heavy atom. The van der Waals surface area contributed by atoms with Crippen LogP contribution in [0.4, 0.5) is 5.69 Å². The maximum absolute atomic E-state index is 12.0. The molecule has 0 aromatic heterocycles. The summed E-state index contributed by atoms with van der Waals surface area (Å²) < 4.78 is 0. The molecule has 112 valence electrons. The van der Waals surface area contributed by atoms with Crippen molar-refractivity contribution in [2.24, 2.45) is 0 Å². The summed E-state index contributed by atoms with van der Waals surface area (Å²) in [4.78, 5) is 22.4.